The molecule has 0 heterocycles. The number of rotatable bonds is 6. The van der Waals surface area contributed by atoms with Crippen LogP contribution in [0.25, 0.3) is 0 Å². The number of nitrogens with zero attached hydrogens (tertiary/aromatic N) is 1. The number of nitrogens with one attached hydrogen (secondary N) is 3. The molecular formula is C17H28N4O2S. The van der Waals surface area contributed by atoms with E-state index in [1.54, 1.807) is 7.05 Å². The lowest BCUT2D eigenvalue weighted by molar-refractivity contribution is 0.410. The molecule has 2 rings (SSSR count). The molecule has 0 spiro atoms. The van der Waals surface area contributed by atoms with Crippen molar-refractivity contribution in [1.82, 2.24) is 15.4 Å². The maximum absolute atomic E-state index is 11.7. The standard InChI is InChI=1S/C17H28N4O2S/c1-18-17(21-16-9-4-3-5-10-16)20-12-14-7-6-8-15(11-14)13-24(22,23)19-2/h6-8,11,16,19H,3-5,9-10,12-13H2,1-2H3,(H2,18,20,21). The van der Waals surface area contributed by atoms with Crippen molar-refractivity contribution in [3.8, 4) is 0 Å². The summed E-state index contributed by atoms with van der Waals surface area (Å²) < 4.78 is 25.7. The normalized spacial score (nSPS) is 16.8. The Bertz CT molecular complexity index is 652. The number of hydrogen-bond donors (Lipinski definition) is 3. The summed E-state index contributed by atoms with van der Waals surface area (Å²) in [4.78, 5) is 4.28. The number of benzene rings is 1. The van der Waals surface area contributed by atoms with Gasteiger partial charge in [0.05, 0.1) is 5.75 Å². The van der Waals surface area contributed by atoms with Gasteiger partial charge in [0.15, 0.2) is 5.96 Å². The first kappa shape index (κ1) is 18.7. The van der Waals surface area contributed by atoms with Crippen LogP contribution in [0.5, 0.6) is 0 Å². The van der Waals surface area contributed by atoms with E-state index in [1.165, 1.54) is 39.2 Å². The molecule has 1 aromatic rings. The Morgan fingerprint density at radius 3 is 2.58 bits per heavy atom. The van der Waals surface area contributed by atoms with Crippen molar-refractivity contribution in [3.05, 3.63) is 35.4 Å². The van der Waals surface area contributed by atoms with Gasteiger partial charge in [-0.2, -0.15) is 0 Å². The van der Waals surface area contributed by atoms with Gasteiger partial charge in [0.25, 0.3) is 0 Å². The maximum atomic E-state index is 11.7. The van der Waals surface area contributed by atoms with Gasteiger partial charge < -0.3 is 10.6 Å². The van der Waals surface area contributed by atoms with Gasteiger partial charge in [-0.05, 0) is 31.0 Å². The molecule has 0 radical (unpaired) electrons. The van der Waals surface area contributed by atoms with Gasteiger partial charge in [0.2, 0.25) is 10.0 Å². The van der Waals surface area contributed by atoms with Crippen molar-refractivity contribution < 1.29 is 8.42 Å². The zero-order chi connectivity index (χ0) is 17.4. The lowest BCUT2D eigenvalue weighted by atomic mass is 9.96. The number of aliphatic imine (C=N–C) groups is 1. The average Bonchev–Trinajstić information content (AvgIpc) is 2.59. The second kappa shape index (κ2) is 9.03. The van der Waals surface area contributed by atoms with Crippen molar-refractivity contribution in [2.24, 2.45) is 4.99 Å². The van der Waals surface area contributed by atoms with E-state index in [9.17, 15) is 8.42 Å². The molecule has 134 valence electrons. The molecule has 0 aromatic heterocycles. The molecule has 6 nitrogen and oxygen atoms in total. The number of sulfonamides is 1. The van der Waals surface area contributed by atoms with Crippen LogP contribution in [0, 0.1) is 0 Å². The molecule has 1 aliphatic rings. The highest BCUT2D eigenvalue weighted by Crippen LogP contribution is 2.17. The quantitative estimate of drug-likeness (QED) is 0.538. The zero-order valence-corrected chi connectivity index (χ0v) is 15.3. The first-order chi connectivity index (χ1) is 11.5. The summed E-state index contributed by atoms with van der Waals surface area (Å²) in [5.74, 6) is 0.794. The Balaban J connectivity index is 1.90. The highest BCUT2D eigenvalue weighted by molar-refractivity contribution is 7.88. The van der Waals surface area contributed by atoms with Gasteiger partial charge in [-0.1, -0.05) is 43.5 Å². The second-order valence-corrected chi connectivity index (χ2v) is 8.11. The Morgan fingerprint density at radius 1 is 1.21 bits per heavy atom. The van der Waals surface area contributed by atoms with E-state index >= 15 is 0 Å². The third-order valence-electron chi connectivity index (χ3n) is 4.29. The summed E-state index contributed by atoms with van der Waals surface area (Å²) in [5.41, 5.74) is 1.81. The number of guanidine groups is 1. The monoisotopic (exact) mass is 352 g/mol. The topological polar surface area (TPSA) is 82.6 Å². The van der Waals surface area contributed by atoms with E-state index in [-0.39, 0.29) is 5.75 Å². The first-order valence-corrected chi connectivity index (χ1v) is 10.1. The Labute approximate surface area is 145 Å². The van der Waals surface area contributed by atoms with Gasteiger partial charge in [0, 0.05) is 19.6 Å². The van der Waals surface area contributed by atoms with Crippen LogP contribution < -0.4 is 15.4 Å². The smallest absolute Gasteiger partial charge is 0.215 e. The largest absolute Gasteiger partial charge is 0.354 e. The molecule has 1 saturated carbocycles. The molecule has 0 amide bonds. The Hall–Kier alpha value is -1.60. The summed E-state index contributed by atoms with van der Waals surface area (Å²) in [6.07, 6.45) is 6.26. The molecule has 1 aliphatic carbocycles. The first-order valence-electron chi connectivity index (χ1n) is 8.48. The lowest BCUT2D eigenvalue weighted by Crippen LogP contribution is -2.43. The van der Waals surface area contributed by atoms with Crippen LogP contribution >= 0.6 is 0 Å². The van der Waals surface area contributed by atoms with E-state index < -0.39 is 10.0 Å². The van der Waals surface area contributed by atoms with E-state index in [0.717, 1.165) is 17.1 Å². The van der Waals surface area contributed by atoms with Crippen molar-refractivity contribution in [2.75, 3.05) is 14.1 Å². The van der Waals surface area contributed by atoms with Crippen molar-refractivity contribution >= 4 is 16.0 Å². The molecule has 0 unspecified atom stereocenters. The highest BCUT2D eigenvalue weighted by Gasteiger charge is 2.14. The molecule has 1 fully saturated rings. The summed E-state index contributed by atoms with van der Waals surface area (Å²) in [6.45, 7) is 0.611. The van der Waals surface area contributed by atoms with Crippen LogP contribution in [0.1, 0.15) is 43.2 Å². The van der Waals surface area contributed by atoms with Crippen molar-refractivity contribution in [1.29, 1.82) is 0 Å². The highest BCUT2D eigenvalue weighted by atomic mass is 32.2. The third-order valence-corrected chi connectivity index (χ3v) is 5.62. The molecule has 24 heavy (non-hydrogen) atoms. The molecule has 0 aliphatic heterocycles. The summed E-state index contributed by atoms with van der Waals surface area (Å²) in [6, 6.07) is 8.10. The Kier molecular flexibility index (Phi) is 7.05. The fourth-order valence-corrected chi connectivity index (χ4v) is 3.70. The van der Waals surface area contributed by atoms with Crippen LogP contribution in [0.15, 0.2) is 29.3 Å². The summed E-state index contributed by atoms with van der Waals surface area (Å²) in [5, 5.41) is 6.78. The molecule has 0 atom stereocenters. The lowest BCUT2D eigenvalue weighted by Gasteiger charge is -2.25. The fourth-order valence-electron chi connectivity index (χ4n) is 2.94. The predicted octanol–water partition coefficient (Wildman–Crippen LogP) is 1.73. The van der Waals surface area contributed by atoms with Gasteiger partial charge in [-0.25, -0.2) is 13.1 Å². The summed E-state index contributed by atoms with van der Waals surface area (Å²) >= 11 is 0. The SMILES string of the molecule is CN=C(NCc1cccc(CS(=O)(=O)NC)c1)NC1CCCCC1. The zero-order valence-electron chi connectivity index (χ0n) is 14.5. The van der Waals surface area contributed by atoms with Crippen LogP contribution in [0.3, 0.4) is 0 Å². The molecular weight excluding hydrogens is 324 g/mol. The fraction of sp³-hybridized carbons (Fsp3) is 0.588. The van der Waals surface area contributed by atoms with E-state index in [0.29, 0.717) is 12.6 Å². The molecule has 1 aromatic carbocycles. The van der Waals surface area contributed by atoms with E-state index in [1.807, 2.05) is 24.3 Å². The van der Waals surface area contributed by atoms with Gasteiger partial charge in [0.1, 0.15) is 0 Å². The minimum absolute atomic E-state index is 0.00755. The van der Waals surface area contributed by atoms with Crippen molar-refractivity contribution in [2.45, 2.75) is 50.4 Å². The van der Waals surface area contributed by atoms with Crippen molar-refractivity contribution in [3.63, 3.8) is 0 Å². The van der Waals surface area contributed by atoms with E-state index in [4.69, 9.17) is 0 Å². The molecule has 7 heteroatoms. The van der Waals surface area contributed by atoms with Crippen LogP contribution in [0.4, 0.5) is 0 Å². The molecule has 3 N–H and O–H groups in total. The second-order valence-electron chi connectivity index (χ2n) is 6.19. The third kappa shape index (κ3) is 6.13. The number of hydrogen-bond acceptors (Lipinski definition) is 3. The van der Waals surface area contributed by atoms with Crippen LogP contribution in [0.2, 0.25) is 0 Å². The molecule has 0 saturated heterocycles. The van der Waals surface area contributed by atoms with Crippen LogP contribution in [-0.2, 0) is 22.3 Å². The summed E-state index contributed by atoms with van der Waals surface area (Å²) in [7, 11) is -0.0468. The average molecular weight is 353 g/mol. The Morgan fingerprint density at radius 2 is 1.92 bits per heavy atom. The van der Waals surface area contributed by atoms with Gasteiger partial charge in [-0.3, -0.25) is 4.99 Å². The van der Waals surface area contributed by atoms with E-state index in [2.05, 4.69) is 20.3 Å². The van der Waals surface area contributed by atoms with Gasteiger partial charge in [-0.15, -0.1) is 0 Å². The minimum Gasteiger partial charge on any atom is -0.354 e. The van der Waals surface area contributed by atoms with Gasteiger partial charge >= 0.3 is 0 Å². The maximum Gasteiger partial charge on any atom is 0.215 e. The molecule has 0 bridgehead atoms. The van der Waals surface area contributed by atoms with Crippen LogP contribution in [-0.4, -0.2) is 34.5 Å². The predicted molar refractivity (Wildman–Crippen MR) is 98.3 cm³/mol. The minimum atomic E-state index is -3.25.